The van der Waals surface area contributed by atoms with Gasteiger partial charge in [0, 0.05) is 25.2 Å². The molecule has 1 saturated carbocycles. The summed E-state index contributed by atoms with van der Waals surface area (Å²) in [6.07, 6.45) is 5.63. The van der Waals surface area contributed by atoms with Gasteiger partial charge in [0.15, 0.2) is 0 Å². The van der Waals surface area contributed by atoms with E-state index in [1.807, 2.05) is 6.92 Å². The van der Waals surface area contributed by atoms with Crippen LogP contribution in [-0.2, 0) is 4.79 Å². The molecule has 2 aliphatic rings. The summed E-state index contributed by atoms with van der Waals surface area (Å²) >= 11 is 0. The van der Waals surface area contributed by atoms with Crippen molar-refractivity contribution in [3.63, 3.8) is 0 Å². The first kappa shape index (κ1) is 15.3. The van der Waals surface area contributed by atoms with Gasteiger partial charge in [0.2, 0.25) is 5.91 Å². The number of imide groups is 1. The number of urea groups is 1. The lowest BCUT2D eigenvalue weighted by Crippen LogP contribution is -2.59. The molecule has 1 aliphatic carbocycles. The van der Waals surface area contributed by atoms with E-state index < -0.39 is 0 Å². The van der Waals surface area contributed by atoms with Gasteiger partial charge in [-0.2, -0.15) is 0 Å². The van der Waals surface area contributed by atoms with Crippen LogP contribution in [-0.4, -0.2) is 55.1 Å². The zero-order chi connectivity index (χ0) is 14.4. The number of likely N-dealkylation sites (N-methyl/N-ethyl adjacent to an activating group) is 1. The molecule has 3 N–H and O–H groups in total. The maximum absolute atomic E-state index is 11.9. The van der Waals surface area contributed by atoms with Crippen molar-refractivity contribution in [2.24, 2.45) is 0 Å². The lowest BCUT2D eigenvalue weighted by molar-refractivity contribution is -0.121. The van der Waals surface area contributed by atoms with Gasteiger partial charge in [-0.3, -0.25) is 15.0 Å². The summed E-state index contributed by atoms with van der Waals surface area (Å²) < 4.78 is 0. The van der Waals surface area contributed by atoms with Crippen molar-refractivity contribution in [3.05, 3.63) is 0 Å². The number of carbonyl (C=O) groups excluding carboxylic acids is 2. The molecular formula is C14H26N4O2. The van der Waals surface area contributed by atoms with Crippen LogP contribution in [0.5, 0.6) is 0 Å². The summed E-state index contributed by atoms with van der Waals surface area (Å²) in [6, 6.07) is 0.312. The second kappa shape index (κ2) is 7.59. The summed E-state index contributed by atoms with van der Waals surface area (Å²) in [5.41, 5.74) is 0. The minimum absolute atomic E-state index is 0.216. The van der Waals surface area contributed by atoms with Crippen LogP contribution < -0.4 is 16.0 Å². The van der Waals surface area contributed by atoms with Gasteiger partial charge in [0.1, 0.15) is 0 Å². The highest BCUT2D eigenvalue weighted by molar-refractivity contribution is 5.95. The van der Waals surface area contributed by atoms with Gasteiger partial charge < -0.3 is 10.6 Å². The van der Waals surface area contributed by atoms with E-state index in [1.165, 1.54) is 6.42 Å². The molecule has 20 heavy (non-hydrogen) atoms. The van der Waals surface area contributed by atoms with Crippen molar-refractivity contribution in [2.45, 2.75) is 51.1 Å². The Morgan fingerprint density at radius 1 is 1.20 bits per heavy atom. The highest BCUT2D eigenvalue weighted by Crippen LogP contribution is 2.17. The van der Waals surface area contributed by atoms with Gasteiger partial charge >= 0.3 is 6.03 Å². The Kier molecular flexibility index (Phi) is 5.79. The average molecular weight is 282 g/mol. The number of amides is 3. The van der Waals surface area contributed by atoms with Crippen LogP contribution in [0.25, 0.3) is 0 Å². The van der Waals surface area contributed by atoms with Crippen LogP contribution in [0.1, 0.15) is 39.0 Å². The molecule has 0 spiro atoms. The minimum Gasteiger partial charge on any atom is -0.335 e. The highest BCUT2D eigenvalue weighted by atomic mass is 16.2. The van der Waals surface area contributed by atoms with Crippen LogP contribution >= 0.6 is 0 Å². The van der Waals surface area contributed by atoms with E-state index in [2.05, 4.69) is 20.9 Å². The lowest BCUT2D eigenvalue weighted by atomic mass is 9.96. The van der Waals surface area contributed by atoms with Gasteiger partial charge in [-0.1, -0.05) is 26.2 Å². The Morgan fingerprint density at radius 3 is 2.45 bits per heavy atom. The molecule has 0 aromatic rings. The number of hydrogen-bond donors (Lipinski definition) is 3. The predicted octanol–water partition coefficient (Wildman–Crippen LogP) is 0.439. The first-order valence-corrected chi connectivity index (χ1v) is 7.74. The van der Waals surface area contributed by atoms with E-state index in [-0.39, 0.29) is 18.0 Å². The number of hydrogen-bond acceptors (Lipinski definition) is 4. The maximum Gasteiger partial charge on any atom is 0.321 e. The highest BCUT2D eigenvalue weighted by Gasteiger charge is 2.25. The molecule has 3 amide bonds. The molecule has 0 bridgehead atoms. The molecule has 0 radical (unpaired) electrons. The first-order chi connectivity index (χ1) is 9.69. The van der Waals surface area contributed by atoms with E-state index in [0.29, 0.717) is 12.6 Å². The Bertz CT molecular complexity index is 338. The molecule has 6 nitrogen and oxygen atoms in total. The SMILES string of the molecule is CCN(CC(=O)NC(=O)NC1CCCCC1)C1CNC1. The maximum atomic E-state index is 11.9. The molecule has 2 rings (SSSR count). The van der Waals surface area contributed by atoms with Gasteiger partial charge in [-0.15, -0.1) is 0 Å². The van der Waals surface area contributed by atoms with Crippen molar-refractivity contribution in [2.75, 3.05) is 26.2 Å². The van der Waals surface area contributed by atoms with Crippen LogP contribution in [0, 0.1) is 0 Å². The number of nitrogens with one attached hydrogen (secondary N) is 3. The molecule has 1 heterocycles. The second-order valence-corrected chi connectivity index (χ2v) is 5.73. The molecule has 2 fully saturated rings. The van der Waals surface area contributed by atoms with Gasteiger partial charge in [-0.25, -0.2) is 4.79 Å². The first-order valence-electron chi connectivity index (χ1n) is 7.74. The molecule has 1 saturated heterocycles. The quantitative estimate of drug-likeness (QED) is 0.684. The molecule has 0 aromatic carbocycles. The Morgan fingerprint density at radius 2 is 1.90 bits per heavy atom. The third-order valence-electron chi connectivity index (χ3n) is 4.22. The summed E-state index contributed by atoms with van der Waals surface area (Å²) in [6.45, 7) is 5.00. The van der Waals surface area contributed by atoms with Gasteiger partial charge in [0.05, 0.1) is 6.54 Å². The van der Waals surface area contributed by atoms with Crippen LogP contribution in [0.2, 0.25) is 0 Å². The molecule has 114 valence electrons. The third kappa shape index (κ3) is 4.45. The zero-order valence-electron chi connectivity index (χ0n) is 12.3. The predicted molar refractivity (Wildman–Crippen MR) is 77.5 cm³/mol. The van der Waals surface area contributed by atoms with Crippen molar-refractivity contribution < 1.29 is 9.59 Å². The number of rotatable bonds is 5. The molecule has 6 heteroatoms. The summed E-state index contributed by atoms with van der Waals surface area (Å²) in [4.78, 5) is 25.7. The Hall–Kier alpha value is -1.14. The molecule has 0 atom stereocenters. The normalized spacial score (nSPS) is 20.5. The van der Waals surface area contributed by atoms with E-state index >= 15 is 0 Å². The Balaban J connectivity index is 1.68. The van der Waals surface area contributed by atoms with Crippen molar-refractivity contribution in [3.8, 4) is 0 Å². The number of carbonyl (C=O) groups is 2. The topological polar surface area (TPSA) is 73.5 Å². The standard InChI is InChI=1S/C14H26N4O2/c1-2-18(12-8-15-9-12)10-13(19)17-14(20)16-11-6-4-3-5-7-11/h11-12,15H,2-10H2,1H3,(H2,16,17,19,20). The monoisotopic (exact) mass is 282 g/mol. The van der Waals surface area contributed by atoms with Crippen LogP contribution in [0.4, 0.5) is 4.79 Å². The average Bonchev–Trinajstić information content (AvgIpc) is 2.36. The van der Waals surface area contributed by atoms with Crippen LogP contribution in [0.15, 0.2) is 0 Å². The lowest BCUT2D eigenvalue weighted by Gasteiger charge is -2.37. The fraction of sp³-hybridized carbons (Fsp3) is 0.857. The molecule has 0 unspecified atom stereocenters. The van der Waals surface area contributed by atoms with Gasteiger partial charge in [0.25, 0.3) is 0 Å². The summed E-state index contributed by atoms with van der Waals surface area (Å²) in [7, 11) is 0. The van der Waals surface area contributed by atoms with Crippen molar-refractivity contribution in [1.82, 2.24) is 20.9 Å². The zero-order valence-corrected chi connectivity index (χ0v) is 12.3. The van der Waals surface area contributed by atoms with Crippen molar-refractivity contribution in [1.29, 1.82) is 0 Å². The van der Waals surface area contributed by atoms with E-state index in [0.717, 1.165) is 45.3 Å². The molecule has 0 aromatic heterocycles. The minimum atomic E-state index is -0.343. The summed E-state index contributed by atoms with van der Waals surface area (Å²) in [5.74, 6) is -0.216. The smallest absolute Gasteiger partial charge is 0.321 e. The Labute approximate surface area is 120 Å². The fourth-order valence-electron chi connectivity index (χ4n) is 2.85. The van der Waals surface area contributed by atoms with E-state index in [4.69, 9.17) is 0 Å². The molecular weight excluding hydrogens is 256 g/mol. The van der Waals surface area contributed by atoms with E-state index in [1.54, 1.807) is 0 Å². The third-order valence-corrected chi connectivity index (χ3v) is 4.22. The van der Waals surface area contributed by atoms with Crippen LogP contribution in [0.3, 0.4) is 0 Å². The molecule has 1 aliphatic heterocycles. The largest absolute Gasteiger partial charge is 0.335 e. The fourth-order valence-corrected chi connectivity index (χ4v) is 2.85. The van der Waals surface area contributed by atoms with Gasteiger partial charge in [-0.05, 0) is 19.4 Å². The number of nitrogens with zero attached hydrogens (tertiary/aromatic N) is 1. The van der Waals surface area contributed by atoms with Crippen molar-refractivity contribution >= 4 is 11.9 Å². The summed E-state index contributed by atoms with van der Waals surface area (Å²) in [5, 5.41) is 8.53. The van der Waals surface area contributed by atoms with E-state index in [9.17, 15) is 9.59 Å². The second-order valence-electron chi connectivity index (χ2n) is 5.73.